The summed E-state index contributed by atoms with van der Waals surface area (Å²) in [6.45, 7) is 0. The lowest BCUT2D eigenvalue weighted by atomic mass is 10.1. The molecule has 0 atom stereocenters. The zero-order valence-corrected chi connectivity index (χ0v) is 14.6. The topological polar surface area (TPSA) is 55.1 Å². The molecule has 1 aromatic carbocycles. The van der Waals surface area contributed by atoms with Crippen LogP contribution in [0, 0.1) is 0 Å². The van der Waals surface area contributed by atoms with Crippen molar-refractivity contribution in [3.8, 4) is 0 Å². The number of anilines is 1. The minimum absolute atomic E-state index is 0.555. The van der Waals surface area contributed by atoms with Crippen molar-refractivity contribution in [2.45, 2.75) is 38.1 Å². The van der Waals surface area contributed by atoms with E-state index in [1.165, 1.54) is 31.2 Å². The second kappa shape index (κ2) is 6.41. The summed E-state index contributed by atoms with van der Waals surface area (Å²) in [5.41, 5.74) is 4.25. The molecule has 0 bridgehead atoms. The molecule has 0 spiro atoms. The summed E-state index contributed by atoms with van der Waals surface area (Å²) in [5, 5.41) is 9.52. The molecule has 1 N–H and O–H groups in total. The fourth-order valence-corrected chi connectivity index (χ4v) is 3.84. The average Bonchev–Trinajstić information content (AvgIpc) is 3.32. The number of rotatable bonds is 4. The number of imidazole rings is 1. The highest BCUT2D eigenvalue weighted by Gasteiger charge is 2.15. The molecular weight excluding hydrogens is 322 g/mol. The van der Waals surface area contributed by atoms with Crippen LogP contribution in [0.25, 0.3) is 16.6 Å². The first kappa shape index (κ1) is 15.3. The summed E-state index contributed by atoms with van der Waals surface area (Å²) < 4.78 is 1.96. The largest absolute Gasteiger partial charge is 0.366 e. The molecule has 5 nitrogen and oxygen atoms in total. The molecule has 0 saturated heterocycles. The standard InChI is InChI=1S/C21H21N5/c1-2-6-17(5-1)24-20-9-10-21-23-14-18(26(21)25-20)13-15-7-8-19-16(12-15)4-3-11-22-19/h3-4,7-12,14,17H,1-2,5-6,13H2,(H,24,25). The van der Waals surface area contributed by atoms with Crippen molar-refractivity contribution < 1.29 is 0 Å². The van der Waals surface area contributed by atoms with Crippen LogP contribution in [-0.2, 0) is 6.42 Å². The number of pyridine rings is 1. The first-order valence-corrected chi connectivity index (χ1v) is 9.29. The molecule has 130 valence electrons. The van der Waals surface area contributed by atoms with Crippen LogP contribution >= 0.6 is 0 Å². The van der Waals surface area contributed by atoms with Gasteiger partial charge in [-0.3, -0.25) is 4.98 Å². The SMILES string of the molecule is c1cnc2ccc(Cc3cnc4ccc(NC5CCCC5)nn34)cc2c1. The summed E-state index contributed by atoms with van der Waals surface area (Å²) in [7, 11) is 0. The molecule has 1 aliphatic rings. The van der Waals surface area contributed by atoms with E-state index in [1.807, 2.05) is 35.1 Å². The molecule has 1 fully saturated rings. The summed E-state index contributed by atoms with van der Waals surface area (Å²) in [6, 6.07) is 15.1. The summed E-state index contributed by atoms with van der Waals surface area (Å²) in [4.78, 5) is 8.90. The normalized spacial score (nSPS) is 15.1. The molecule has 0 amide bonds. The molecule has 5 heteroatoms. The van der Waals surface area contributed by atoms with E-state index in [0.717, 1.165) is 34.5 Å². The monoisotopic (exact) mass is 343 g/mol. The fraction of sp³-hybridized carbons (Fsp3) is 0.286. The van der Waals surface area contributed by atoms with Gasteiger partial charge in [-0.2, -0.15) is 0 Å². The van der Waals surface area contributed by atoms with E-state index in [-0.39, 0.29) is 0 Å². The third-order valence-corrected chi connectivity index (χ3v) is 5.19. The van der Waals surface area contributed by atoms with E-state index in [4.69, 9.17) is 5.10 Å². The summed E-state index contributed by atoms with van der Waals surface area (Å²) in [5.74, 6) is 0.936. The molecule has 4 aromatic rings. The predicted molar refractivity (Wildman–Crippen MR) is 103 cm³/mol. The summed E-state index contributed by atoms with van der Waals surface area (Å²) in [6.07, 6.45) is 9.65. The lowest BCUT2D eigenvalue weighted by molar-refractivity contribution is 0.740. The average molecular weight is 343 g/mol. The van der Waals surface area contributed by atoms with Gasteiger partial charge >= 0.3 is 0 Å². The fourth-order valence-electron chi connectivity index (χ4n) is 3.84. The van der Waals surface area contributed by atoms with Crippen LogP contribution in [0.5, 0.6) is 0 Å². The Morgan fingerprint density at radius 3 is 2.88 bits per heavy atom. The van der Waals surface area contributed by atoms with Crippen molar-refractivity contribution in [1.29, 1.82) is 0 Å². The van der Waals surface area contributed by atoms with Crippen molar-refractivity contribution in [2.75, 3.05) is 5.32 Å². The lowest BCUT2D eigenvalue weighted by Gasteiger charge is -2.12. The third kappa shape index (κ3) is 2.90. The molecule has 0 unspecified atom stereocenters. The molecule has 3 heterocycles. The molecule has 1 aliphatic carbocycles. The van der Waals surface area contributed by atoms with Gasteiger partial charge in [0.1, 0.15) is 5.82 Å². The van der Waals surface area contributed by atoms with Gasteiger partial charge in [0.2, 0.25) is 0 Å². The Bertz CT molecular complexity index is 1060. The van der Waals surface area contributed by atoms with E-state index in [0.29, 0.717) is 6.04 Å². The number of hydrogen-bond donors (Lipinski definition) is 1. The van der Waals surface area contributed by atoms with Crippen molar-refractivity contribution in [3.63, 3.8) is 0 Å². The number of benzene rings is 1. The molecule has 1 saturated carbocycles. The van der Waals surface area contributed by atoms with E-state index >= 15 is 0 Å². The van der Waals surface area contributed by atoms with Gasteiger partial charge < -0.3 is 5.32 Å². The highest BCUT2D eigenvalue weighted by Crippen LogP contribution is 2.22. The first-order valence-electron chi connectivity index (χ1n) is 9.29. The zero-order chi connectivity index (χ0) is 17.3. The first-order chi connectivity index (χ1) is 12.8. The van der Waals surface area contributed by atoms with Gasteiger partial charge in [-0.1, -0.05) is 25.0 Å². The Labute approximate surface area is 152 Å². The second-order valence-corrected chi connectivity index (χ2v) is 7.07. The Morgan fingerprint density at radius 1 is 1.04 bits per heavy atom. The number of hydrogen-bond acceptors (Lipinski definition) is 4. The quantitative estimate of drug-likeness (QED) is 0.603. The Morgan fingerprint density at radius 2 is 1.96 bits per heavy atom. The van der Waals surface area contributed by atoms with Gasteiger partial charge in [-0.25, -0.2) is 9.50 Å². The number of nitrogens with zero attached hydrogens (tertiary/aromatic N) is 4. The van der Waals surface area contributed by atoms with E-state index < -0.39 is 0 Å². The van der Waals surface area contributed by atoms with Crippen LogP contribution in [0.2, 0.25) is 0 Å². The minimum Gasteiger partial charge on any atom is -0.366 e. The van der Waals surface area contributed by atoms with E-state index in [1.54, 1.807) is 0 Å². The van der Waals surface area contributed by atoms with Crippen LogP contribution in [0.4, 0.5) is 5.82 Å². The third-order valence-electron chi connectivity index (χ3n) is 5.19. The number of aromatic nitrogens is 4. The molecular formula is C21H21N5. The van der Waals surface area contributed by atoms with Gasteiger partial charge in [0, 0.05) is 24.0 Å². The van der Waals surface area contributed by atoms with Crippen LogP contribution < -0.4 is 5.32 Å². The van der Waals surface area contributed by atoms with Crippen LogP contribution in [0.3, 0.4) is 0 Å². The zero-order valence-electron chi connectivity index (χ0n) is 14.6. The van der Waals surface area contributed by atoms with Gasteiger partial charge in [-0.15, -0.1) is 5.10 Å². The molecule has 26 heavy (non-hydrogen) atoms. The van der Waals surface area contributed by atoms with Gasteiger partial charge in [-0.05, 0) is 48.7 Å². The van der Waals surface area contributed by atoms with Crippen molar-refractivity contribution >= 4 is 22.4 Å². The second-order valence-electron chi connectivity index (χ2n) is 7.07. The highest BCUT2D eigenvalue weighted by atomic mass is 15.3. The predicted octanol–water partition coefficient (Wildman–Crippen LogP) is 4.22. The molecule has 5 rings (SSSR count). The molecule has 3 aromatic heterocycles. The summed E-state index contributed by atoms with van der Waals surface area (Å²) >= 11 is 0. The molecule has 0 aliphatic heterocycles. The Hall–Kier alpha value is -2.95. The lowest BCUT2D eigenvalue weighted by Crippen LogP contribution is -2.16. The number of fused-ring (bicyclic) bond motifs is 2. The maximum Gasteiger partial charge on any atom is 0.153 e. The van der Waals surface area contributed by atoms with Gasteiger partial charge in [0.25, 0.3) is 0 Å². The smallest absolute Gasteiger partial charge is 0.153 e. The maximum absolute atomic E-state index is 4.79. The van der Waals surface area contributed by atoms with E-state index in [9.17, 15) is 0 Å². The van der Waals surface area contributed by atoms with Crippen molar-refractivity contribution in [2.24, 2.45) is 0 Å². The Kier molecular flexibility index (Phi) is 3.77. The van der Waals surface area contributed by atoms with Crippen LogP contribution in [-0.4, -0.2) is 25.6 Å². The van der Waals surface area contributed by atoms with Gasteiger partial charge in [0.05, 0.1) is 17.4 Å². The minimum atomic E-state index is 0.555. The number of nitrogens with one attached hydrogen (secondary N) is 1. The van der Waals surface area contributed by atoms with Crippen LogP contribution in [0.1, 0.15) is 36.9 Å². The van der Waals surface area contributed by atoms with Crippen molar-refractivity contribution in [3.05, 3.63) is 66.1 Å². The van der Waals surface area contributed by atoms with Crippen molar-refractivity contribution in [1.82, 2.24) is 19.6 Å². The Balaban J connectivity index is 1.45. The molecule has 0 radical (unpaired) electrons. The van der Waals surface area contributed by atoms with E-state index in [2.05, 4.69) is 39.6 Å². The highest BCUT2D eigenvalue weighted by molar-refractivity contribution is 5.79. The maximum atomic E-state index is 4.79. The van der Waals surface area contributed by atoms with Crippen LogP contribution in [0.15, 0.2) is 54.9 Å². The van der Waals surface area contributed by atoms with Gasteiger partial charge in [0.15, 0.2) is 5.65 Å².